The van der Waals surface area contributed by atoms with Crippen LogP contribution in [0.25, 0.3) is 16.6 Å². The number of rotatable bonds is 4. The van der Waals surface area contributed by atoms with Gasteiger partial charge in [-0.3, -0.25) is 0 Å². The average molecular weight is 331 g/mol. The second-order valence-corrected chi connectivity index (χ2v) is 7.70. The van der Waals surface area contributed by atoms with E-state index in [1.165, 1.54) is 23.1 Å². The van der Waals surface area contributed by atoms with E-state index in [0.717, 1.165) is 34.1 Å². The number of benzene rings is 1. The van der Waals surface area contributed by atoms with Crippen molar-refractivity contribution in [2.75, 3.05) is 0 Å². The summed E-state index contributed by atoms with van der Waals surface area (Å²) in [6, 6.07) is 8.77. The summed E-state index contributed by atoms with van der Waals surface area (Å²) in [7, 11) is 2.04. The number of aromatic nitrogens is 3. The van der Waals surface area contributed by atoms with Gasteiger partial charge in [-0.1, -0.05) is 44.2 Å². The minimum Gasteiger partial charge on any atom is -0.347 e. The molecule has 2 unspecified atom stereocenters. The Bertz CT molecular complexity index is 965. The summed E-state index contributed by atoms with van der Waals surface area (Å²) in [6.07, 6.45) is 4.96. The minimum atomic E-state index is 0.650. The molecule has 0 radical (unpaired) electrons. The molecule has 2 aromatic heterocycles. The lowest BCUT2D eigenvalue weighted by Gasteiger charge is -2.15. The molecule has 3 nitrogen and oxygen atoms in total. The molecule has 0 amide bonds. The van der Waals surface area contributed by atoms with Crippen molar-refractivity contribution < 1.29 is 0 Å². The van der Waals surface area contributed by atoms with Gasteiger partial charge in [0.2, 0.25) is 0 Å². The third kappa shape index (κ3) is 2.68. The van der Waals surface area contributed by atoms with Gasteiger partial charge in [0.05, 0.1) is 16.7 Å². The Kier molecular flexibility index (Phi) is 3.75. The maximum atomic E-state index is 4.58. The number of hydrogen-bond donors (Lipinski definition) is 0. The van der Waals surface area contributed by atoms with Gasteiger partial charge < -0.3 is 4.57 Å². The molecule has 2 atom stereocenters. The van der Waals surface area contributed by atoms with Gasteiger partial charge in [-0.05, 0) is 48.3 Å². The average Bonchev–Trinajstić information content (AvgIpc) is 3.32. The van der Waals surface area contributed by atoms with E-state index < -0.39 is 0 Å². The van der Waals surface area contributed by atoms with E-state index in [1.54, 1.807) is 6.33 Å². The van der Waals surface area contributed by atoms with E-state index in [-0.39, 0.29) is 0 Å². The highest BCUT2D eigenvalue weighted by Gasteiger charge is 2.41. The Labute approximate surface area is 149 Å². The Balaban J connectivity index is 1.82. The third-order valence-electron chi connectivity index (χ3n) is 5.57. The van der Waals surface area contributed by atoms with Gasteiger partial charge in [0.25, 0.3) is 0 Å². The van der Waals surface area contributed by atoms with Crippen molar-refractivity contribution >= 4 is 16.6 Å². The largest absolute Gasteiger partial charge is 0.347 e. The predicted octanol–water partition coefficient (Wildman–Crippen LogP) is 5.10. The Morgan fingerprint density at radius 2 is 2.04 bits per heavy atom. The zero-order chi connectivity index (χ0) is 17.7. The Morgan fingerprint density at radius 3 is 2.76 bits per heavy atom. The lowest BCUT2D eigenvalue weighted by atomic mass is 9.91. The zero-order valence-electron chi connectivity index (χ0n) is 15.5. The monoisotopic (exact) mass is 331 g/mol. The first-order valence-corrected chi connectivity index (χ1v) is 9.03. The molecule has 25 heavy (non-hydrogen) atoms. The second-order valence-electron chi connectivity index (χ2n) is 7.70. The second kappa shape index (κ2) is 5.83. The highest BCUT2D eigenvalue weighted by atomic mass is 15.0. The molecule has 1 saturated carbocycles. The molecule has 0 N–H and O–H groups in total. The van der Waals surface area contributed by atoms with Crippen molar-refractivity contribution in [3.8, 4) is 0 Å². The molecular weight excluding hydrogens is 306 g/mol. The highest BCUT2D eigenvalue weighted by molar-refractivity contribution is 5.92. The quantitative estimate of drug-likeness (QED) is 0.666. The highest BCUT2D eigenvalue weighted by Crippen LogP contribution is 2.53. The van der Waals surface area contributed by atoms with E-state index in [0.29, 0.717) is 5.92 Å². The summed E-state index contributed by atoms with van der Waals surface area (Å²) in [6.45, 7) is 11.3. The molecule has 1 aromatic carbocycles. The van der Waals surface area contributed by atoms with Crippen LogP contribution in [0.4, 0.5) is 0 Å². The fourth-order valence-electron chi connectivity index (χ4n) is 4.04. The first-order valence-electron chi connectivity index (χ1n) is 9.03. The Morgan fingerprint density at radius 1 is 1.24 bits per heavy atom. The number of fused-ring (bicyclic) bond motifs is 1. The molecule has 2 heterocycles. The topological polar surface area (TPSA) is 30.7 Å². The van der Waals surface area contributed by atoms with Gasteiger partial charge >= 0.3 is 0 Å². The predicted molar refractivity (Wildman–Crippen MR) is 104 cm³/mol. The maximum absolute atomic E-state index is 4.58. The van der Waals surface area contributed by atoms with Crippen LogP contribution >= 0.6 is 0 Å². The molecule has 4 rings (SSSR count). The van der Waals surface area contributed by atoms with Gasteiger partial charge in [-0.2, -0.15) is 0 Å². The first-order chi connectivity index (χ1) is 12.0. The lowest BCUT2D eigenvalue weighted by Crippen LogP contribution is -2.01. The summed E-state index contributed by atoms with van der Waals surface area (Å²) in [5, 5.41) is 0. The van der Waals surface area contributed by atoms with Crippen LogP contribution in [0.15, 0.2) is 43.4 Å². The summed E-state index contributed by atoms with van der Waals surface area (Å²) in [5.41, 5.74) is 7.93. The Hall–Kier alpha value is -2.42. The van der Waals surface area contributed by atoms with E-state index >= 15 is 0 Å². The van der Waals surface area contributed by atoms with Crippen LogP contribution in [-0.2, 0) is 7.05 Å². The minimum absolute atomic E-state index is 0.650. The molecule has 0 aliphatic heterocycles. The van der Waals surface area contributed by atoms with Crippen LogP contribution < -0.4 is 0 Å². The summed E-state index contributed by atoms with van der Waals surface area (Å²) < 4.78 is 2.08. The van der Waals surface area contributed by atoms with Crippen molar-refractivity contribution in [2.45, 2.75) is 33.1 Å². The summed E-state index contributed by atoms with van der Waals surface area (Å²) in [4.78, 5) is 8.97. The van der Waals surface area contributed by atoms with E-state index in [9.17, 15) is 0 Å². The van der Waals surface area contributed by atoms with E-state index in [1.807, 2.05) is 19.3 Å². The lowest BCUT2D eigenvalue weighted by molar-refractivity contribution is 0.548. The van der Waals surface area contributed by atoms with E-state index in [2.05, 4.69) is 60.1 Å². The SMILES string of the molecule is C=C(c1ccc(C)cc1C1CC1C(C)C)c1ncnc2ccn(C)c12. The van der Waals surface area contributed by atoms with Crippen molar-refractivity contribution in [1.29, 1.82) is 0 Å². The molecule has 0 saturated heterocycles. The van der Waals surface area contributed by atoms with Crippen LogP contribution in [-0.4, -0.2) is 14.5 Å². The van der Waals surface area contributed by atoms with Gasteiger partial charge in [-0.25, -0.2) is 9.97 Å². The number of hydrogen-bond acceptors (Lipinski definition) is 2. The van der Waals surface area contributed by atoms with Crippen LogP contribution in [0.2, 0.25) is 0 Å². The van der Waals surface area contributed by atoms with Crippen molar-refractivity contribution in [3.63, 3.8) is 0 Å². The fourth-order valence-corrected chi connectivity index (χ4v) is 4.04. The standard InChI is InChI=1S/C22H25N3/c1-13(2)17-11-19(17)18-10-14(3)6-7-16(18)15(4)21-22-20(23-12-24-21)8-9-25(22)5/h6-10,12-13,17,19H,4,11H2,1-3,5H3. The van der Waals surface area contributed by atoms with Crippen LogP contribution in [0.1, 0.15) is 48.6 Å². The third-order valence-corrected chi connectivity index (χ3v) is 5.57. The van der Waals surface area contributed by atoms with Crippen molar-refractivity contribution in [2.24, 2.45) is 18.9 Å². The fraction of sp³-hybridized carbons (Fsp3) is 0.364. The van der Waals surface area contributed by atoms with Crippen molar-refractivity contribution in [3.05, 3.63) is 65.8 Å². The van der Waals surface area contributed by atoms with E-state index in [4.69, 9.17) is 0 Å². The molecule has 1 fully saturated rings. The molecule has 1 aliphatic carbocycles. The number of nitrogens with zero attached hydrogens (tertiary/aromatic N) is 3. The maximum Gasteiger partial charge on any atom is 0.116 e. The molecule has 3 heteroatoms. The molecule has 3 aromatic rings. The normalized spacial score (nSPS) is 19.6. The number of aryl methyl sites for hydroxylation is 2. The molecule has 0 bridgehead atoms. The molecule has 128 valence electrons. The molecule has 1 aliphatic rings. The summed E-state index contributed by atoms with van der Waals surface area (Å²) in [5.74, 6) is 2.16. The van der Waals surface area contributed by atoms with Crippen LogP contribution in [0, 0.1) is 18.8 Å². The van der Waals surface area contributed by atoms with Gasteiger partial charge in [0, 0.05) is 18.8 Å². The molecule has 0 spiro atoms. The first kappa shape index (κ1) is 16.1. The van der Waals surface area contributed by atoms with Crippen LogP contribution in [0.3, 0.4) is 0 Å². The van der Waals surface area contributed by atoms with Gasteiger partial charge in [0.1, 0.15) is 6.33 Å². The molecular formula is C22H25N3. The smallest absolute Gasteiger partial charge is 0.116 e. The van der Waals surface area contributed by atoms with Gasteiger partial charge in [-0.15, -0.1) is 0 Å². The van der Waals surface area contributed by atoms with Gasteiger partial charge in [0.15, 0.2) is 0 Å². The zero-order valence-corrected chi connectivity index (χ0v) is 15.5. The van der Waals surface area contributed by atoms with Crippen molar-refractivity contribution in [1.82, 2.24) is 14.5 Å². The van der Waals surface area contributed by atoms with Crippen LogP contribution in [0.5, 0.6) is 0 Å². The summed E-state index contributed by atoms with van der Waals surface area (Å²) >= 11 is 0.